The summed E-state index contributed by atoms with van der Waals surface area (Å²) in [5.74, 6) is 2.43. The molecule has 2 aromatic carbocycles. The fourth-order valence-electron chi connectivity index (χ4n) is 2.95. The second-order valence-corrected chi connectivity index (χ2v) is 6.92. The van der Waals surface area contributed by atoms with E-state index in [4.69, 9.17) is 25.8 Å². The lowest BCUT2D eigenvalue weighted by molar-refractivity contribution is 0.324. The summed E-state index contributed by atoms with van der Waals surface area (Å²) < 4.78 is 29.1. The van der Waals surface area contributed by atoms with E-state index in [2.05, 4.69) is 15.3 Å². The Labute approximate surface area is 185 Å². The summed E-state index contributed by atoms with van der Waals surface area (Å²) in [5, 5.41) is 3.54. The molecule has 0 saturated heterocycles. The second-order valence-electron chi connectivity index (χ2n) is 6.53. The summed E-state index contributed by atoms with van der Waals surface area (Å²) in [6, 6.07) is 11.7. The van der Waals surface area contributed by atoms with Crippen molar-refractivity contribution in [3.05, 3.63) is 70.4 Å². The quantitative estimate of drug-likeness (QED) is 0.463. The monoisotopic (exact) mass is 443 g/mol. The average molecular weight is 444 g/mol. The topological polar surface area (TPSA) is 65.5 Å². The van der Waals surface area contributed by atoms with Crippen LogP contribution >= 0.6 is 11.6 Å². The molecule has 3 rings (SSSR count). The Balaban J connectivity index is 1.72. The van der Waals surface area contributed by atoms with Gasteiger partial charge < -0.3 is 19.5 Å². The first-order valence-corrected chi connectivity index (χ1v) is 9.91. The van der Waals surface area contributed by atoms with Gasteiger partial charge in [-0.1, -0.05) is 29.8 Å². The molecule has 1 aromatic heterocycles. The van der Waals surface area contributed by atoms with Gasteiger partial charge in [-0.3, -0.25) is 0 Å². The van der Waals surface area contributed by atoms with Crippen molar-refractivity contribution in [2.24, 2.45) is 0 Å². The van der Waals surface area contributed by atoms with Gasteiger partial charge in [0, 0.05) is 12.6 Å². The molecule has 8 heteroatoms. The third-order valence-corrected chi connectivity index (χ3v) is 4.65. The molecule has 6 nitrogen and oxygen atoms in total. The van der Waals surface area contributed by atoms with Crippen molar-refractivity contribution >= 4 is 29.6 Å². The normalized spacial score (nSPS) is 10.9. The van der Waals surface area contributed by atoms with Gasteiger partial charge in [0.05, 0.1) is 21.3 Å². The molecule has 0 fully saturated rings. The number of benzene rings is 2. The maximum atomic E-state index is 13.0. The second kappa shape index (κ2) is 10.6. The van der Waals surface area contributed by atoms with Crippen molar-refractivity contribution < 1.29 is 18.6 Å². The summed E-state index contributed by atoms with van der Waals surface area (Å²) in [7, 11) is 4.68. The number of halogens is 2. The molecule has 162 valence electrons. The fourth-order valence-corrected chi connectivity index (χ4v) is 3.14. The zero-order chi connectivity index (χ0) is 22.2. The minimum atomic E-state index is -0.247. The molecular formula is C23H23ClFN3O3. The largest absolute Gasteiger partial charge is 0.493 e. The first kappa shape index (κ1) is 22.4. The molecule has 0 radical (unpaired) electrons. The highest BCUT2D eigenvalue weighted by atomic mass is 35.5. The molecule has 0 spiro atoms. The first-order chi connectivity index (χ1) is 15.0. The van der Waals surface area contributed by atoms with Crippen LogP contribution in [-0.2, 0) is 6.42 Å². The fraction of sp³-hybridized carbons (Fsp3) is 0.217. The van der Waals surface area contributed by atoms with Crippen LogP contribution in [0.5, 0.6) is 17.2 Å². The van der Waals surface area contributed by atoms with Crippen LogP contribution in [0.15, 0.2) is 42.5 Å². The summed E-state index contributed by atoms with van der Waals surface area (Å²) in [6.07, 6.45) is 4.30. The van der Waals surface area contributed by atoms with E-state index < -0.39 is 0 Å². The lowest BCUT2D eigenvalue weighted by Crippen LogP contribution is -2.07. The van der Waals surface area contributed by atoms with Gasteiger partial charge in [-0.25, -0.2) is 14.4 Å². The van der Waals surface area contributed by atoms with Crippen molar-refractivity contribution in [1.82, 2.24) is 9.97 Å². The lowest BCUT2D eigenvalue weighted by atomic mass is 10.1. The molecular weight excluding hydrogens is 421 g/mol. The van der Waals surface area contributed by atoms with E-state index in [9.17, 15) is 4.39 Å². The molecule has 0 saturated carbocycles. The number of anilines is 1. The molecule has 1 N–H and O–H groups in total. The highest BCUT2D eigenvalue weighted by Gasteiger charge is 2.12. The van der Waals surface area contributed by atoms with Gasteiger partial charge in [-0.15, -0.1) is 0 Å². The van der Waals surface area contributed by atoms with Crippen molar-refractivity contribution in [3.63, 3.8) is 0 Å². The third-order valence-electron chi connectivity index (χ3n) is 4.46. The molecule has 0 aliphatic carbocycles. The Bertz CT molecular complexity index is 1030. The number of nitrogens with one attached hydrogen (secondary N) is 1. The molecule has 3 aromatic rings. The third kappa shape index (κ3) is 6.08. The Hall–Kier alpha value is -3.32. The van der Waals surface area contributed by atoms with Gasteiger partial charge in [0.2, 0.25) is 5.75 Å². The highest BCUT2D eigenvalue weighted by molar-refractivity contribution is 6.29. The van der Waals surface area contributed by atoms with Crippen LogP contribution in [0.25, 0.3) is 12.2 Å². The number of hydrogen-bond acceptors (Lipinski definition) is 6. The van der Waals surface area contributed by atoms with Gasteiger partial charge >= 0.3 is 0 Å². The number of rotatable bonds is 9. The van der Waals surface area contributed by atoms with Crippen LogP contribution in [0, 0.1) is 5.82 Å². The summed E-state index contributed by atoms with van der Waals surface area (Å²) in [5.41, 5.74) is 1.85. The Kier molecular flexibility index (Phi) is 7.67. The Morgan fingerprint density at radius 2 is 1.61 bits per heavy atom. The van der Waals surface area contributed by atoms with E-state index in [1.54, 1.807) is 45.6 Å². The molecule has 0 amide bonds. The predicted molar refractivity (Wildman–Crippen MR) is 121 cm³/mol. The minimum Gasteiger partial charge on any atom is -0.493 e. The number of methoxy groups -OCH3 is 3. The predicted octanol–water partition coefficient (Wildman–Crippen LogP) is 5.12. The standard InChI is InChI=1S/C23H23ClFN3O3/c1-29-18-12-16(13-19(30-2)23(18)31-3)6-9-21-27-20(24)14-22(28-21)26-11-10-15-4-7-17(25)8-5-15/h4-9,12-14H,10-11H2,1-3H3,(H,26,27,28). The van der Waals surface area contributed by atoms with Gasteiger partial charge in [0.15, 0.2) is 17.3 Å². The van der Waals surface area contributed by atoms with Crippen molar-refractivity contribution in [3.8, 4) is 17.2 Å². The SMILES string of the molecule is COc1cc(C=Cc2nc(Cl)cc(NCCc3ccc(F)cc3)n2)cc(OC)c1OC. The van der Waals surface area contributed by atoms with E-state index in [-0.39, 0.29) is 5.82 Å². The van der Waals surface area contributed by atoms with Gasteiger partial charge in [0.25, 0.3) is 0 Å². The molecule has 0 bridgehead atoms. The van der Waals surface area contributed by atoms with Crippen LogP contribution in [0.3, 0.4) is 0 Å². The number of ether oxygens (including phenoxy) is 3. The summed E-state index contributed by atoms with van der Waals surface area (Å²) in [6.45, 7) is 0.620. The zero-order valence-electron chi connectivity index (χ0n) is 17.5. The van der Waals surface area contributed by atoms with Crippen molar-refractivity contribution in [2.45, 2.75) is 6.42 Å². The maximum absolute atomic E-state index is 13.0. The number of aromatic nitrogens is 2. The van der Waals surface area contributed by atoms with E-state index in [1.165, 1.54) is 12.1 Å². The van der Waals surface area contributed by atoms with E-state index in [0.717, 1.165) is 17.5 Å². The van der Waals surface area contributed by atoms with Crippen LogP contribution in [0.1, 0.15) is 17.0 Å². The summed E-state index contributed by atoms with van der Waals surface area (Å²) in [4.78, 5) is 8.71. The van der Waals surface area contributed by atoms with Crippen LogP contribution in [-0.4, -0.2) is 37.8 Å². The number of nitrogens with zero attached hydrogens (tertiary/aromatic N) is 2. The van der Waals surface area contributed by atoms with E-state index in [0.29, 0.717) is 40.6 Å². The molecule has 0 unspecified atom stereocenters. The molecule has 0 aliphatic heterocycles. The van der Waals surface area contributed by atoms with E-state index >= 15 is 0 Å². The van der Waals surface area contributed by atoms with Gasteiger partial charge in [-0.2, -0.15) is 0 Å². The molecule has 0 aliphatic rings. The number of hydrogen-bond donors (Lipinski definition) is 1. The van der Waals surface area contributed by atoms with E-state index in [1.807, 2.05) is 18.2 Å². The van der Waals surface area contributed by atoms with Crippen LogP contribution < -0.4 is 19.5 Å². The average Bonchev–Trinajstić information content (AvgIpc) is 2.78. The first-order valence-electron chi connectivity index (χ1n) is 9.53. The maximum Gasteiger partial charge on any atom is 0.203 e. The lowest BCUT2D eigenvalue weighted by Gasteiger charge is -2.12. The van der Waals surface area contributed by atoms with Crippen LogP contribution in [0.2, 0.25) is 5.15 Å². The van der Waals surface area contributed by atoms with Crippen molar-refractivity contribution in [1.29, 1.82) is 0 Å². The highest BCUT2D eigenvalue weighted by Crippen LogP contribution is 2.38. The smallest absolute Gasteiger partial charge is 0.203 e. The Morgan fingerprint density at radius 1 is 0.935 bits per heavy atom. The van der Waals surface area contributed by atoms with Gasteiger partial charge in [0.1, 0.15) is 16.8 Å². The molecule has 31 heavy (non-hydrogen) atoms. The summed E-state index contributed by atoms with van der Waals surface area (Å²) >= 11 is 6.16. The van der Waals surface area contributed by atoms with Crippen molar-refractivity contribution in [2.75, 3.05) is 33.2 Å². The minimum absolute atomic E-state index is 0.247. The molecule has 0 atom stereocenters. The van der Waals surface area contributed by atoms with Crippen LogP contribution in [0.4, 0.5) is 10.2 Å². The zero-order valence-corrected chi connectivity index (χ0v) is 18.2. The Morgan fingerprint density at radius 3 is 2.23 bits per heavy atom. The molecule has 1 heterocycles. The van der Waals surface area contributed by atoms with Gasteiger partial charge in [-0.05, 0) is 47.9 Å².